The topological polar surface area (TPSA) is 80.3 Å². The van der Waals surface area contributed by atoms with Crippen molar-refractivity contribution < 1.29 is 26.3 Å². The molecule has 25 heavy (non-hydrogen) atoms. The van der Waals surface area contributed by atoms with E-state index in [0.29, 0.717) is 0 Å². The predicted molar refractivity (Wildman–Crippen MR) is 83.6 cm³/mol. The van der Waals surface area contributed by atoms with E-state index in [1.54, 1.807) is 12.3 Å². The Morgan fingerprint density at radius 1 is 1.20 bits per heavy atom. The summed E-state index contributed by atoms with van der Waals surface area (Å²) < 4.78 is 67.1. The Hall–Kier alpha value is -2.33. The molecule has 0 aliphatic carbocycles. The molecular weight excluding hydrogens is 359 g/mol. The maximum atomic E-state index is 12.3. The number of sulfonamides is 1. The zero-order valence-electron chi connectivity index (χ0n) is 12.8. The molecular formula is C15H14F3N3O3S. The van der Waals surface area contributed by atoms with Crippen LogP contribution in [-0.2, 0) is 23.0 Å². The summed E-state index contributed by atoms with van der Waals surface area (Å²) in [6.07, 6.45) is -2.48. The van der Waals surface area contributed by atoms with Crippen molar-refractivity contribution in [3.8, 4) is 5.75 Å². The summed E-state index contributed by atoms with van der Waals surface area (Å²) in [4.78, 5) is 4.02. The van der Waals surface area contributed by atoms with Crippen LogP contribution < -0.4 is 14.8 Å². The van der Waals surface area contributed by atoms with Gasteiger partial charge in [-0.05, 0) is 42.3 Å². The van der Waals surface area contributed by atoms with Crippen molar-refractivity contribution in [1.29, 1.82) is 0 Å². The van der Waals surface area contributed by atoms with E-state index in [0.717, 1.165) is 54.2 Å². The van der Waals surface area contributed by atoms with E-state index >= 15 is 0 Å². The third kappa shape index (κ3) is 4.20. The first-order chi connectivity index (χ1) is 11.7. The fourth-order valence-corrected chi connectivity index (χ4v) is 3.52. The van der Waals surface area contributed by atoms with Gasteiger partial charge in [-0.25, -0.2) is 18.1 Å². The average Bonchev–Trinajstić information content (AvgIpc) is 3.01. The summed E-state index contributed by atoms with van der Waals surface area (Å²) in [5.41, 5.74) is 1.76. The van der Waals surface area contributed by atoms with Gasteiger partial charge in [0.15, 0.2) is 0 Å². The molecule has 2 aromatic rings. The molecule has 6 nitrogen and oxygen atoms in total. The lowest BCUT2D eigenvalue weighted by Crippen LogP contribution is -2.24. The molecule has 1 aliphatic rings. The zero-order chi connectivity index (χ0) is 18.1. The number of aromatic nitrogens is 1. The van der Waals surface area contributed by atoms with E-state index in [1.165, 1.54) is 0 Å². The van der Waals surface area contributed by atoms with Gasteiger partial charge < -0.3 is 10.1 Å². The molecule has 0 unspecified atom stereocenters. The molecule has 3 rings (SSSR count). The Bertz CT molecular complexity index is 868. The van der Waals surface area contributed by atoms with Crippen LogP contribution in [0.4, 0.5) is 19.0 Å². The van der Waals surface area contributed by atoms with E-state index in [-0.39, 0.29) is 11.4 Å². The minimum Gasteiger partial charge on any atom is -0.406 e. The minimum absolute atomic E-state index is 0.0651. The molecule has 0 bridgehead atoms. The fraction of sp³-hybridized carbons (Fsp3) is 0.267. The summed E-state index contributed by atoms with van der Waals surface area (Å²) in [6.45, 7) is 0.808. The lowest BCUT2D eigenvalue weighted by Gasteiger charge is -2.11. The molecule has 134 valence electrons. The Balaban J connectivity index is 1.71. The molecule has 1 aliphatic heterocycles. The standard InChI is InChI=1S/C15H14F3N3O3S/c16-15(17,18)24-11-1-3-12(4-2-11)25(22,23)21-9-10-5-7-19-14-13(10)6-8-20-14/h1-5,7,21H,6,8-9H2,(H,19,20). The molecule has 10 heteroatoms. The van der Waals surface area contributed by atoms with Crippen molar-refractivity contribution in [1.82, 2.24) is 9.71 Å². The van der Waals surface area contributed by atoms with Crippen LogP contribution in [0.15, 0.2) is 41.4 Å². The highest BCUT2D eigenvalue weighted by Gasteiger charge is 2.31. The van der Waals surface area contributed by atoms with Crippen LogP contribution in [-0.4, -0.2) is 26.3 Å². The Morgan fingerprint density at radius 2 is 1.92 bits per heavy atom. The summed E-state index contributed by atoms with van der Waals surface area (Å²) >= 11 is 0. The Morgan fingerprint density at radius 3 is 2.60 bits per heavy atom. The monoisotopic (exact) mass is 373 g/mol. The van der Waals surface area contributed by atoms with E-state index in [1.807, 2.05) is 0 Å². The molecule has 0 fully saturated rings. The molecule has 2 heterocycles. The third-order valence-electron chi connectivity index (χ3n) is 3.64. The van der Waals surface area contributed by atoms with E-state index in [9.17, 15) is 21.6 Å². The number of alkyl halides is 3. The number of halogens is 3. The molecule has 0 spiro atoms. The van der Waals surface area contributed by atoms with Gasteiger partial charge >= 0.3 is 6.36 Å². The highest BCUT2D eigenvalue weighted by molar-refractivity contribution is 7.89. The number of benzene rings is 1. The van der Waals surface area contributed by atoms with Gasteiger partial charge in [0.1, 0.15) is 11.6 Å². The highest BCUT2D eigenvalue weighted by Crippen LogP contribution is 2.25. The highest BCUT2D eigenvalue weighted by atomic mass is 32.2. The number of nitrogens with one attached hydrogen (secondary N) is 2. The number of rotatable bonds is 5. The van der Waals surface area contributed by atoms with E-state index in [2.05, 4.69) is 19.8 Å². The number of hydrogen-bond donors (Lipinski definition) is 2. The normalized spacial score (nSPS) is 14.0. The van der Waals surface area contributed by atoms with E-state index in [4.69, 9.17) is 0 Å². The first kappa shape index (κ1) is 17.5. The number of ether oxygens (including phenoxy) is 1. The summed E-state index contributed by atoms with van der Waals surface area (Å²) in [5, 5.41) is 3.10. The van der Waals surface area contributed by atoms with Gasteiger partial charge in [-0.1, -0.05) is 0 Å². The van der Waals surface area contributed by atoms with Gasteiger partial charge in [0, 0.05) is 24.8 Å². The van der Waals surface area contributed by atoms with Crippen molar-refractivity contribution in [2.75, 3.05) is 11.9 Å². The zero-order valence-corrected chi connectivity index (χ0v) is 13.6. The van der Waals surface area contributed by atoms with Crippen molar-refractivity contribution in [3.05, 3.63) is 47.7 Å². The number of pyridine rings is 1. The van der Waals surface area contributed by atoms with Gasteiger partial charge in [0.05, 0.1) is 4.90 Å². The van der Waals surface area contributed by atoms with Crippen molar-refractivity contribution in [2.24, 2.45) is 0 Å². The van der Waals surface area contributed by atoms with Crippen LogP contribution in [0.5, 0.6) is 5.75 Å². The third-order valence-corrected chi connectivity index (χ3v) is 5.06. The lowest BCUT2D eigenvalue weighted by molar-refractivity contribution is -0.274. The molecule has 0 amide bonds. The second-order valence-corrected chi connectivity index (χ2v) is 7.08. The quantitative estimate of drug-likeness (QED) is 0.842. The lowest BCUT2D eigenvalue weighted by atomic mass is 10.1. The largest absolute Gasteiger partial charge is 0.573 e. The molecule has 1 aromatic heterocycles. The smallest absolute Gasteiger partial charge is 0.406 e. The van der Waals surface area contributed by atoms with Gasteiger partial charge in [-0.15, -0.1) is 13.2 Å². The van der Waals surface area contributed by atoms with Gasteiger partial charge in [-0.2, -0.15) is 0 Å². The summed E-state index contributed by atoms with van der Waals surface area (Å²) in [6, 6.07) is 5.75. The number of anilines is 1. The van der Waals surface area contributed by atoms with Gasteiger partial charge in [0.2, 0.25) is 10.0 Å². The fourth-order valence-electron chi connectivity index (χ4n) is 2.51. The SMILES string of the molecule is O=S(=O)(NCc1ccnc2c1CCN2)c1ccc(OC(F)(F)F)cc1. The minimum atomic E-state index is -4.83. The first-order valence-corrected chi connectivity index (χ1v) is 8.79. The molecule has 0 saturated carbocycles. The predicted octanol–water partition coefficient (Wildman–Crippen LogP) is 2.43. The van der Waals surface area contributed by atoms with Crippen LogP contribution in [0.2, 0.25) is 0 Å². The van der Waals surface area contributed by atoms with Crippen molar-refractivity contribution >= 4 is 15.8 Å². The Kier molecular flexibility index (Phi) is 4.56. The number of nitrogens with zero attached hydrogens (tertiary/aromatic N) is 1. The maximum absolute atomic E-state index is 12.3. The van der Waals surface area contributed by atoms with Crippen LogP contribution in [0.1, 0.15) is 11.1 Å². The molecule has 0 atom stereocenters. The Labute approximate surface area is 142 Å². The van der Waals surface area contributed by atoms with Gasteiger partial charge in [0.25, 0.3) is 0 Å². The average molecular weight is 373 g/mol. The summed E-state index contributed by atoms with van der Waals surface area (Å²) in [7, 11) is -3.86. The molecule has 0 saturated heterocycles. The second-order valence-electron chi connectivity index (χ2n) is 5.32. The van der Waals surface area contributed by atoms with Gasteiger partial charge in [-0.3, -0.25) is 0 Å². The maximum Gasteiger partial charge on any atom is 0.573 e. The molecule has 2 N–H and O–H groups in total. The molecule has 0 radical (unpaired) electrons. The number of fused-ring (bicyclic) bond motifs is 1. The van der Waals surface area contributed by atoms with Crippen LogP contribution >= 0.6 is 0 Å². The first-order valence-electron chi connectivity index (χ1n) is 7.31. The second kappa shape index (κ2) is 6.52. The molecule has 1 aromatic carbocycles. The van der Waals surface area contributed by atoms with Crippen LogP contribution in [0.25, 0.3) is 0 Å². The number of hydrogen-bond acceptors (Lipinski definition) is 5. The van der Waals surface area contributed by atoms with E-state index < -0.39 is 22.1 Å². The summed E-state index contributed by atoms with van der Waals surface area (Å²) in [5.74, 6) is 0.259. The van der Waals surface area contributed by atoms with Crippen molar-refractivity contribution in [2.45, 2.75) is 24.2 Å². The van der Waals surface area contributed by atoms with Crippen molar-refractivity contribution in [3.63, 3.8) is 0 Å². The van der Waals surface area contributed by atoms with Crippen LogP contribution in [0.3, 0.4) is 0 Å². The van der Waals surface area contributed by atoms with Crippen LogP contribution in [0, 0.1) is 0 Å².